The third-order valence-corrected chi connectivity index (χ3v) is 6.42. The summed E-state index contributed by atoms with van der Waals surface area (Å²) in [5.74, 6) is -0.616. The van der Waals surface area contributed by atoms with Crippen molar-refractivity contribution in [3.63, 3.8) is 0 Å². The molecule has 0 atom stereocenters. The summed E-state index contributed by atoms with van der Waals surface area (Å²) in [6.45, 7) is 1.94. The molecular formula is C27H19N5O3. The zero-order valence-electron chi connectivity index (χ0n) is 18.6. The maximum atomic E-state index is 13.3. The average Bonchev–Trinajstić information content (AvgIpc) is 3.23. The number of H-pyrrole nitrogens is 2. The van der Waals surface area contributed by atoms with E-state index in [0.717, 1.165) is 27.5 Å². The SMILES string of the molecule is Cc1c(-c2c[nH]c(C(N)=O)c3[nH]c4cc(=O)ccc4c23)cccc1-n1cnc2ccccc2c1=O. The third kappa shape index (κ3) is 3.07. The Morgan fingerprint density at radius 2 is 1.80 bits per heavy atom. The number of nitrogens with two attached hydrogens (primary N) is 1. The van der Waals surface area contributed by atoms with Gasteiger partial charge in [-0.15, -0.1) is 0 Å². The van der Waals surface area contributed by atoms with Crippen molar-refractivity contribution in [2.75, 3.05) is 0 Å². The lowest BCUT2D eigenvalue weighted by Gasteiger charge is -2.15. The first kappa shape index (κ1) is 20.6. The topological polar surface area (TPSA) is 127 Å². The summed E-state index contributed by atoms with van der Waals surface area (Å²) in [6.07, 6.45) is 3.27. The van der Waals surface area contributed by atoms with E-state index in [2.05, 4.69) is 15.0 Å². The van der Waals surface area contributed by atoms with E-state index in [0.29, 0.717) is 27.6 Å². The van der Waals surface area contributed by atoms with Crippen molar-refractivity contribution in [2.45, 2.75) is 6.92 Å². The molecule has 6 aromatic rings. The highest BCUT2D eigenvalue weighted by molar-refractivity contribution is 6.19. The molecule has 0 saturated heterocycles. The van der Waals surface area contributed by atoms with Crippen molar-refractivity contribution in [3.05, 3.63) is 105 Å². The molecule has 3 aromatic heterocycles. The molecule has 0 fully saturated rings. The number of amides is 1. The van der Waals surface area contributed by atoms with Gasteiger partial charge in [0.1, 0.15) is 12.0 Å². The molecule has 0 unspecified atom stereocenters. The van der Waals surface area contributed by atoms with Crippen molar-refractivity contribution in [2.24, 2.45) is 5.73 Å². The van der Waals surface area contributed by atoms with E-state index in [1.165, 1.54) is 18.5 Å². The molecule has 8 heteroatoms. The Bertz CT molecular complexity index is 1950. The van der Waals surface area contributed by atoms with Gasteiger partial charge in [0.05, 0.1) is 27.6 Å². The van der Waals surface area contributed by atoms with E-state index in [1.807, 2.05) is 43.3 Å². The summed E-state index contributed by atoms with van der Waals surface area (Å²) in [5, 5.41) is 2.09. The van der Waals surface area contributed by atoms with Gasteiger partial charge in [-0.1, -0.05) is 24.3 Å². The number of aromatic nitrogens is 4. The van der Waals surface area contributed by atoms with Gasteiger partial charge in [0, 0.05) is 28.6 Å². The van der Waals surface area contributed by atoms with E-state index in [9.17, 15) is 14.4 Å². The molecule has 4 N–H and O–H groups in total. The minimum atomic E-state index is -0.616. The monoisotopic (exact) mass is 461 g/mol. The maximum Gasteiger partial charge on any atom is 0.267 e. The van der Waals surface area contributed by atoms with Gasteiger partial charge in [-0.05, 0) is 48.4 Å². The van der Waals surface area contributed by atoms with Crippen molar-refractivity contribution in [3.8, 4) is 16.8 Å². The Balaban J connectivity index is 1.66. The number of benzene rings is 3. The predicted molar refractivity (Wildman–Crippen MR) is 136 cm³/mol. The molecular weight excluding hydrogens is 442 g/mol. The number of pyridine rings is 1. The molecule has 1 amide bonds. The Morgan fingerprint density at radius 1 is 0.971 bits per heavy atom. The number of hydrogen-bond acceptors (Lipinski definition) is 4. The lowest BCUT2D eigenvalue weighted by atomic mass is 9.96. The molecule has 35 heavy (non-hydrogen) atoms. The summed E-state index contributed by atoms with van der Waals surface area (Å²) >= 11 is 0. The molecule has 0 bridgehead atoms. The fourth-order valence-corrected chi connectivity index (χ4v) is 4.76. The highest BCUT2D eigenvalue weighted by Gasteiger charge is 2.19. The predicted octanol–water partition coefficient (Wildman–Crippen LogP) is 3.78. The molecule has 6 rings (SSSR count). The van der Waals surface area contributed by atoms with Crippen LogP contribution in [0.3, 0.4) is 0 Å². The normalized spacial score (nSPS) is 11.5. The summed E-state index contributed by atoms with van der Waals surface area (Å²) in [7, 11) is 0. The third-order valence-electron chi connectivity index (χ3n) is 6.42. The molecule has 0 aliphatic carbocycles. The van der Waals surface area contributed by atoms with Gasteiger partial charge in [0.15, 0.2) is 5.43 Å². The van der Waals surface area contributed by atoms with Gasteiger partial charge >= 0.3 is 0 Å². The second-order valence-corrected chi connectivity index (χ2v) is 8.41. The first-order valence-electron chi connectivity index (χ1n) is 11.0. The Kier molecular flexibility index (Phi) is 4.43. The summed E-state index contributed by atoms with van der Waals surface area (Å²) in [5.41, 5.74) is 10.5. The zero-order chi connectivity index (χ0) is 24.3. The lowest BCUT2D eigenvalue weighted by Crippen LogP contribution is -2.19. The summed E-state index contributed by atoms with van der Waals surface area (Å²) in [4.78, 5) is 48.0. The molecule has 0 radical (unpaired) electrons. The van der Waals surface area contributed by atoms with Gasteiger partial charge in [0.2, 0.25) is 0 Å². The summed E-state index contributed by atoms with van der Waals surface area (Å²) < 4.78 is 1.54. The fraction of sp³-hybridized carbons (Fsp3) is 0.0370. The summed E-state index contributed by atoms with van der Waals surface area (Å²) in [6, 6.07) is 17.6. The van der Waals surface area contributed by atoms with Crippen molar-refractivity contribution >= 4 is 38.6 Å². The number of hydrogen-bond donors (Lipinski definition) is 3. The smallest absolute Gasteiger partial charge is 0.267 e. The number of carbonyl (C=O) groups is 1. The van der Waals surface area contributed by atoms with Crippen molar-refractivity contribution in [1.82, 2.24) is 19.5 Å². The minimum Gasteiger partial charge on any atom is -0.364 e. The average molecular weight is 461 g/mol. The van der Waals surface area contributed by atoms with Gasteiger partial charge in [-0.25, -0.2) is 4.98 Å². The standard InChI is InChI=1S/C27H19N5O3/c1-14-16(6-4-8-22(14)32-13-30-20-7-3-2-5-18(20)27(32)35)19-12-29-25(26(28)34)24-23(19)17-10-9-15(33)11-21(17)31-24/h2-13,29,31H,1H3,(H2,28,34). The zero-order valence-corrected chi connectivity index (χ0v) is 18.6. The van der Waals surface area contributed by atoms with Gasteiger partial charge in [-0.3, -0.25) is 19.0 Å². The first-order valence-corrected chi connectivity index (χ1v) is 11.0. The van der Waals surface area contributed by atoms with Gasteiger partial charge < -0.3 is 15.7 Å². The maximum absolute atomic E-state index is 13.3. The molecule has 170 valence electrons. The van der Waals surface area contributed by atoms with Crippen LogP contribution in [0.15, 0.2) is 82.8 Å². The largest absolute Gasteiger partial charge is 0.364 e. The van der Waals surface area contributed by atoms with Crippen LogP contribution in [0, 0.1) is 6.92 Å². The van der Waals surface area contributed by atoms with Crippen LogP contribution in [0.5, 0.6) is 0 Å². The number of nitrogens with one attached hydrogen (secondary N) is 2. The van der Waals surface area contributed by atoms with Crippen LogP contribution < -0.4 is 16.7 Å². The Labute approximate surface area is 197 Å². The molecule has 0 aliphatic heterocycles. The van der Waals surface area contributed by atoms with Crippen molar-refractivity contribution < 1.29 is 4.79 Å². The quantitative estimate of drug-likeness (QED) is 0.371. The molecule has 0 spiro atoms. The fourth-order valence-electron chi connectivity index (χ4n) is 4.76. The van der Waals surface area contributed by atoms with E-state index >= 15 is 0 Å². The second kappa shape index (κ2) is 7.53. The van der Waals surface area contributed by atoms with E-state index in [1.54, 1.807) is 22.9 Å². The van der Waals surface area contributed by atoms with E-state index in [4.69, 9.17) is 5.73 Å². The number of para-hydroxylation sites is 1. The number of carbonyl (C=O) groups excluding carboxylic acids is 1. The van der Waals surface area contributed by atoms with Gasteiger partial charge in [-0.2, -0.15) is 0 Å². The Morgan fingerprint density at radius 3 is 2.63 bits per heavy atom. The second-order valence-electron chi connectivity index (χ2n) is 8.41. The highest BCUT2D eigenvalue weighted by Crippen LogP contribution is 2.37. The molecule has 0 aliphatic rings. The van der Waals surface area contributed by atoms with Crippen LogP contribution in [-0.4, -0.2) is 25.4 Å². The van der Waals surface area contributed by atoms with E-state index < -0.39 is 5.91 Å². The number of aromatic amines is 2. The van der Waals surface area contributed by atoms with Crippen LogP contribution in [0.4, 0.5) is 0 Å². The molecule has 3 heterocycles. The number of rotatable bonds is 3. The van der Waals surface area contributed by atoms with E-state index in [-0.39, 0.29) is 16.7 Å². The molecule has 0 saturated carbocycles. The lowest BCUT2D eigenvalue weighted by molar-refractivity contribution is 0.0997. The van der Waals surface area contributed by atoms with Crippen LogP contribution in [0.2, 0.25) is 0 Å². The minimum absolute atomic E-state index is 0.142. The van der Waals surface area contributed by atoms with Crippen molar-refractivity contribution in [1.29, 1.82) is 0 Å². The number of fused-ring (bicyclic) bond motifs is 4. The number of nitrogens with zero attached hydrogens (tertiary/aromatic N) is 2. The van der Waals surface area contributed by atoms with Crippen LogP contribution in [0.1, 0.15) is 16.1 Å². The highest BCUT2D eigenvalue weighted by atomic mass is 16.1. The van der Waals surface area contributed by atoms with Crippen LogP contribution in [-0.2, 0) is 0 Å². The van der Waals surface area contributed by atoms with Crippen LogP contribution in [0.25, 0.3) is 49.5 Å². The number of primary amides is 1. The molecule has 8 nitrogen and oxygen atoms in total. The molecule has 3 aromatic carbocycles. The van der Waals surface area contributed by atoms with Crippen LogP contribution >= 0.6 is 0 Å². The first-order chi connectivity index (χ1) is 16.9. The van der Waals surface area contributed by atoms with Gasteiger partial charge in [0.25, 0.3) is 11.5 Å². The Hall–Kier alpha value is -4.98.